The predicted molar refractivity (Wildman–Crippen MR) is 62.0 cm³/mol. The Labute approximate surface area is 100 Å². The lowest BCUT2D eigenvalue weighted by Gasteiger charge is -2.14. The summed E-state index contributed by atoms with van der Waals surface area (Å²) in [6, 6.07) is 1.96. The van der Waals surface area contributed by atoms with Gasteiger partial charge in [-0.05, 0) is 18.6 Å². The zero-order valence-corrected chi connectivity index (χ0v) is 10.2. The van der Waals surface area contributed by atoms with Crippen molar-refractivity contribution in [1.29, 1.82) is 0 Å². The molecule has 6 heteroatoms. The van der Waals surface area contributed by atoms with E-state index < -0.39 is 26.9 Å². The van der Waals surface area contributed by atoms with E-state index in [4.69, 9.17) is 6.42 Å². The zero-order valence-electron chi connectivity index (χ0n) is 9.35. The molecule has 0 aliphatic heterocycles. The van der Waals surface area contributed by atoms with Crippen LogP contribution in [0.15, 0.2) is 23.4 Å². The van der Waals surface area contributed by atoms with Gasteiger partial charge < -0.3 is 0 Å². The van der Waals surface area contributed by atoms with Crippen molar-refractivity contribution in [2.75, 3.05) is 0 Å². The molecule has 0 radical (unpaired) electrons. The van der Waals surface area contributed by atoms with Crippen LogP contribution in [0.1, 0.15) is 19.8 Å². The molecule has 4 nitrogen and oxygen atoms in total. The summed E-state index contributed by atoms with van der Waals surface area (Å²) in [5.74, 6) is 1.49. The summed E-state index contributed by atoms with van der Waals surface area (Å²) in [7, 11) is -3.96. The summed E-state index contributed by atoms with van der Waals surface area (Å²) in [5.41, 5.74) is 0. The topological polar surface area (TPSA) is 59.1 Å². The third-order valence-electron chi connectivity index (χ3n) is 2.16. The third-order valence-corrected chi connectivity index (χ3v) is 3.61. The molecule has 0 saturated heterocycles. The first-order valence-corrected chi connectivity index (χ1v) is 6.56. The quantitative estimate of drug-likeness (QED) is 0.808. The number of hydrogen-bond acceptors (Lipinski definition) is 3. The Morgan fingerprint density at radius 2 is 2.35 bits per heavy atom. The van der Waals surface area contributed by atoms with Crippen LogP contribution in [0, 0.1) is 18.2 Å². The smallest absolute Gasteiger partial charge is 0.241 e. The number of terminal acetylenes is 1. The number of pyridine rings is 1. The second-order valence-electron chi connectivity index (χ2n) is 3.43. The first-order valence-electron chi connectivity index (χ1n) is 5.07. The minimum Gasteiger partial charge on any atom is -0.241 e. The van der Waals surface area contributed by atoms with Gasteiger partial charge in [-0.15, -0.1) is 12.3 Å². The molecule has 0 aromatic carbocycles. The molecule has 17 heavy (non-hydrogen) atoms. The molecule has 0 aliphatic carbocycles. The molecule has 0 spiro atoms. The number of sulfonamides is 1. The van der Waals surface area contributed by atoms with Crippen LogP contribution in [0.2, 0.25) is 0 Å². The highest BCUT2D eigenvalue weighted by Gasteiger charge is 2.23. The Morgan fingerprint density at radius 3 is 2.88 bits per heavy atom. The van der Waals surface area contributed by atoms with Crippen molar-refractivity contribution in [3.05, 3.63) is 24.1 Å². The van der Waals surface area contributed by atoms with E-state index in [9.17, 15) is 12.8 Å². The molecule has 0 amide bonds. The van der Waals surface area contributed by atoms with E-state index in [0.717, 1.165) is 6.07 Å². The lowest BCUT2D eigenvalue weighted by Crippen LogP contribution is -2.35. The molecule has 1 aromatic heterocycles. The van der Waals surface area contributed by atoms with Gasteiger partial charge in [0.2, 0.25) is 5.03 Å². The average molecular weight is 256 g/mol. The summed E-state index contributed by atoms with van der Waals surface area (Å²) < 4.78 is 39.3. The molecule has 0 bridgehead atoms. The largest absolute Gasteiger partial charge is 0.261 e. The van der Waals surface area contributed by atoms with Crippen LogP contribution in [-0.2, 0) is 10.0 Å². The van der Waals surface area contributed by atoms with Crippen LogP contribution >= 0.6 is 0 Å². The van der Waals surface area contributed by atoms with E-state index in [0.29, 0.717) is 6.42 Å². The van der Waals surface area contributed by atoms with Crippen molar-refractivity contribution < 1.29 is 12.8 Å². The summed E-state index contributed by atoms with van der Waals surface area (Å²) in [6.45, 7) is 1.79. The Kier molecular flexibility index (Phi) is 4.61. The van der Waals surface area contributed by atoms with Crippen LogP contribution in [0.25, 0.3) is 0 Å². The summed E-state index contributed by atoms with van der Waals surface area (Å²) >= 11 is 0. The van der Waals surface area contributed by atoms with Crippen LogP contribution < -0.4 is 4.72 Å². The first kappa shape index (κ1) is 13.6. The van der Waals surface area contributed by atoms with Gasteiger partial charge in [0.25, 0.3) is 10.0 Å². The molecule has 1 unspecified atom stereocenters. The summed E-state index contributed by atoms with van der Waals surface area (Å²) in [5, 5.41) is -0.601. The molecule has 92 valence electrons. The van der Waals surface area contributed by atoms with E-state index in [2.05, 4.69) is 15.6 Å². The van der Waals surface area contributed by atoms with Crippen molar-refractivity contribution >= 4 is 10.0 Å². The number of nitrogens with zero attached hydrogens (tertiary/aromatic N) is 1. The molecular formula is C11H13FN2O2S. The number of rotatable bonds is 5. The van der Waals surface area contributed by atoms with Crippen molar-refractivity contribution in [3.63, 3.8) is 0 Å². The molecule has 1 atom stereocenters. The predicted octanol–water partition coefficient (Wildman–Crippen LogP) is 1.30. The fourth-order valence-corrected chi connectivity index (χ4v) is 2.58. The van der Waals surface area contributed by atoms with E-state index in [-0.39, 0.29) is 6.42 Å². The van der Waals surface area contributed by atoms with Crippen molar-refractivity contribution in [2.24, 2.45) is 0 Å². The highest BCUT2D eigenvalue weighted by molar-refractivity contribution is 7.89. The number of nitrogens with one attached hydrogen (secondary N) is 1. The summed E-state index contributed by atoms with van der Waals surface area (Å²) in [4.78, 5) is 3.52. The minimum absolute atomic E-state index is 0.254. The molecule has 1 rings (SSSR count). The Bertz CT molecular complexity index is 523. The molecule has 0 saturated carbocycles. The number of aromatic nitrogens is 1. The lowest BCUT2D eigenvalue weighted by molar-refractivity contribution is 0.522. The lowest BCUT2D eigenvalue weighted by atomic mass is 10.2. The second-order valence-corrected chi connectivity index (χ2v) is 5.05. The highest BCUT2D eigenvalue weighted by atomic mass is 32.2. The van der Waals surface area contributed by atoms with Crippen LogP contribution in [0.4, 0.5) is 4.39 Å². The standard InChI is InChI=1S/C11H13FN2O2S/c1-3-6-9(4-2)14-17(15,16)11-10(12)7-5-8-13-11/h1,5,7-9,14H,4,6H2,2H3. The molecule has 0 fully saturated rings. The maximum Gasteiger partial charge on any atom is 0.261 e. The van der Waals surface area contributed by atoms with Gasteiger partial charge in [-0.1, -0.05) is 6.92 Å². The van der Waals surface area contributed by atoms with Crippen molar-refractivity contribution in [2.45, 2.75) is 30.8 Å². The van der Waals surface area contributed by atoms with E-state index >= 15 is 0 Å². The molecule has 1 heterocycles. The van der Waals surface area contributed by atoms with Gasteiger partial charge >= 0.3 is 0 Å². The molecule has 0 aliphatic rings. The van der Waals surface area contributed by atoms with E-state index in [1.165, 1.54) is 12.3 Å². The third kappa shape index (κ3) is 3.51. The van der Waals surface area contributed by atoms with Crippen LogP contribution in [-0.4, -0.2) is 19.4 Å². The average Bonchev–Trinajstić information content (AvgIpc) is 2.28. The molecule has 1 aromatic rings. The van der Waals surface area contributed by atoms with Gasteiger partial charge in [0.1, 0.15) is 0 Å². The second kappa shape index (κ2) is 5.75. The van der Waals surface area contributed by atoms with Crippen LogP contribution in [0.5, 0.6) is 0 Å². The fourth-order valence-electron chi connectivity index (χ4n) is 1.26. The number of halogens is 1. The van der Waals surface area contributed by atoms with Gasteiger partial charge in [0.15, 0.2) is 5.82 Å². The zero-order chi connectivity index (χ0) is 12.9. The van der Waals surface area contributed by atoms with Gasteiger partial charge in [0, 0.05) is 18.7 Å². The number of hydrogen-bond donors (Lipinski definition) is 1. The monoisotopic (exact) mass is 256 g/mol. The first-order chi connectivity index (χ1) is 8.01. The van der Waals surface area contributed by atoms with E-state index in [1.54, 1.807) is 6.92 Å². The van der Waals surface area contributed by atoms with Crippen molar-refractivity contribution in [1.82, 2.24) is 9.71 Å². The van der Waals surface area contributed by atoms with E-state index in [1.807, 2.05) is 0 Å². The van der Waals surface area contributed by atoms with Crippen LogP contribution in [0.3, 0.4) is 0 Å². The van der Waals surface area contributed by atoms with Crippen molar-refractivity contribution in [3.8, 4) is 12.3 Å². The fraction of sp³-hybridized carbons (Fsp3) is 0.364. The normalized spacial score (nSPS) is 13.0. The highest BCUT2D eigenvalue weighted by Crippen LogP contribution is 2.11. The van der Waals surface area contributed by atoms with Gasteiger partial charge in [-0.25, -0.2) is 22.5 Å². The SMILES string of the molecule is C#CCC(CC)NS(=O)(=O)c1ncccc1F. The Balaban J connectivity index is 2.97. The maximum absolute atomic E-state index is 13.3. The van der Waals surface area contributed by atoms with Gasteiger partial charge in [0.05, 0.1) is 0 Å². The maximum atomic E-state index is 13.3. The Hall–Kier alpha value is -1.45. The molecular weight excluding hydrogens is 243 g/mol. The van der Waals surface area contributed by atoms with Gasteiger partial charge in [-0.2, -0.15) is 0 Å². The molecule has 1 N–H and O–H groups in total. The minimum atomic E-state index is -3.96. The Morgan fingerprint density at radius 1 is 1.65 bits per heavy atom. The summed E-state index contributed by atoms with van der Waals surface area (Å²) in [6.07, 6.45) is 7.12. The van der Waals surface area contributed by atoms with Gasteiger partial charge in [-0.3, -0.25) is 0 Å².